The minimum absolute atomic E-state index is 0.0815. The maximum atomic E-state index is 10.6. The molecule has 0 aliphatic carbocycles. The van der Waals surface area contributed by atoms with Crippen molar-refractivity contribution in [3.63, 3.8) is 0 Å². The molecule has 0 fully saturated rings. The fourth-order valence-corrected chi connectivity index (χ4v) is 1.15. The molecule has 1 atom stereocenters. The van der Waals surface area contributed by atoms with E-state index < -0.39 is 5.97 Å². The van der Waals surface area contributed by atoms with Gasteiger partial charge in [0.2, 0.25) is 0 Å². The number of carboxylic acid groups (broad SMARTS) is 1. The molecule has 0 bridgehead atoms. The van der Waals surface area contributed by atoms with Crippen LogP contribution in [0.15, 0.2) is 6.20 Å². The number of rotatable bonds is 3. The van der Waals surface area contributed by atoms with Gasteiger partial charge in [-0.15, -0.1) is 0 Å². The summed E-state index contributed by atoms with van der Waals surface area (Å²) in [4.78, 5) is 10.6. The van der Waals surface area contributed by atoms with E-state index in [4.69, 9.17) is 16.7 Å². The number of hydrogen-bond acceptors (Lipinski definition) is 2. The predicted molar refractivity (Wildman–Crippen MR) is 49.2 cm³/mol. The standard InChI is InChI=1S/C8H11ClN2O2/c1-3-5(2)11-4-6(9)7(10-11)8(12)13/h4-5H,3H2,1-2H3,(H,12,13). The van der Waals surface area contributed by atoms with Crippen molar-refractivity contribution in [2.75, 3.05) is 0 Å². The number of aromatic carboxylic acids is 1. The molecule has 5 heteroatoms. The Hall–Kier alpha value is -1.03. The molecule has 0 amide bonds. The smallest absolute Gasteiger partial charge is 0.357 e. The molecule has 1 heterocycles. The predicted octanol–water partition coefficient (Wildman–Crippen LogP) is 2.21. The number of nitrogens with zero attached hydrogens (tertiary/aromatic N) is 2. The monoisotopic (exact) mass is 202 g/mol. The molecular formula is C8H11ClN2O2. The van der Waals surface area contributed by atoms with E-state index in [1.807, 2.05) is 13.8 Å². The van der Waals surface area contributed by atoms with Crippen molar-refractivity contribution in [3.05, 3.63) is 16.9 Å². The lowest BCUT2D eigenvalue weighted by atomic mass is 10.3. The molecule has 1 aromatic rings. The number of halogens is 1. The van der Waals surface area contributed by atoms with Gasteiger partial charge in [0.25, 0.3) is 0 Å². The van der Waals surface area contributed by atoms with E-state index >= 15 is 0 Å². The molecule has 4 nitrogen and oxygen atoms in total. The first-order valence-electron chi connectivity index (χ1n) is 4.04. The number of hydrogen-bond donors (Lipinski definition) is 1. The lowest BCUT2D eigenvalue weighted by Crippen LogP contribution is -2.06. The van der Waals surface area contributed by atoms with Gasteiger partial charge in [0.1, 0.15) is 0 Å². The Morgan fingerprint density at radius 2 is 2.46 bits per heavy atom. The van der Waals surface area contributed by atoms with E-state index in [2.05, 4.69) is 5.10 Å². The second-order valence-corrected chi connectivity index (χ2v) is 3.28. The third-order valence-electron chi connectivity index (χ3n) is 1.93. The number of aromatic nitrogens is 2. The molecule has 0 saturated carbocycles. The molecule has 0 spiro atoms. The highest BCUT2D eigenvalue weighted by Gasteiger charge is 2.15. The molecule has 0 radical (unpaired) electrons. The van der Waals surface area contributed by atoms with Crippen LogP contribution in [0.5, 0.6) is 0 Å². The zero-order valence-corrected chi connectivity index (χ0v) is 8.25. The third kappa shape index (κ3) is 2.01. The van der Waals surface area contributed by atoms with Crippen LogP contribution in [0.4, 0.5) is 0 Å². The van der Waals surface area contributed by atoms with Crippen molar-refractivity contribution >= 4 is 17.6 Å². The molecular weight excluding hydrogens is 192 g/mol. The van der Waals surface area contributed by atoms with Gasteiger partial charge in [0.05, 0.1) is 5.02 Å². The van der Waals surface area contributed by atoms with Gasteiger partial charge in [0, 0.05) is 12.2 Å². The lowest BCUT2D eigenvalue weighted by molar-refractivity contribution is 0.0689. The molecule has 0 aromatic carbocycles. The normalized spacial score (nSPS) is 12.8. The maximum absolute atomic E-state index is 10.6. The van der Waals surface area contributed by atoms with E-state index in [0.717, 1.165) is 6.42 Å². The molecule has 0 aliphatic heterocycles. The minimum atomic E-state index is -1.09. The Bertz CT molecular complexity index is 322. The highest BCUT2D eigenvalue weighted by atomic mass is 35.5. The Kier molecular flexibility index (Phi) is 2.93. The quantitative estimate of drug-likeness (QED) is 0.818. The summed E-state index contributed by atoms with van der Waals surface area (Å²) < 4.78 is 1.58. The van der Waals surface area contributed by atoms with Gasteiger partial charge in [0.15, 0.2) is 5.69 Å². The molecule has 1 rings (SSSR count). The van der Waals surface area contributed by atoms with Gasteiger partial charge in [-0.3, -0.25) is 4.68 Å². The van der Waals surface area contributed by atoms with Gasteiger partial charge >= 0.3 is 5.97 Å². The van der Waals surface area contributed by atoms with Gasteiger partial charge in [-0.25, -0.2) is 4.79 Å². The van der Waals surface area contributed by atoms with E-state index in [1.165, 1.54) is 0 Å². The second kappa shape index (κ2) is 3.79. The van der Waals surface area contributed by atoms with E-state index in [-0.39, 0.29) is 16.8 Å². The van der Waals surface area contributed by atoms with Crippen LogP contribution in [-0.4, -0.2) is 20.9 Å². The summed E-state index contributed by atoms with van der Waals surface area (Å²) in [5, 5.41) is 12.7. The van der Waals surface area contributed by atoms with Crippen molar-refractivity contribution in [3.8, 4) is 0 Å². The van der Waals surface area contributed by atoms with Gasteiger partial charge in [-0.2, -0.15) is 5.10 Å². The van der Waals surface area contributed by atoms with Crippen molar-refractivity contribution in [1.29, 1.82) is 0 Å². The Morgan fingerprint density at radius 1 is 1.85 bits per heavy atom. The first-order chi connectivity index (χ1) is 6.06. The van der Waals surface area contributed by atoms with E-state index in [1.54, 1.807) is 10.9 Å². The average molecular weight is 203 g/mol. The summed E-state index contributed by atoms with van der Waals surface area (Å²) in [5.74, 6) is -1.09. The summed E-state index contributed by atoms with van der Waals surface area (Å²) >= 11 is 5.68. The van der Waals surface area contributed by atoms with E-state index in [9.17, 15) is 4.79 Å². The number of carbonyl (C=O) groups is 1. The summed E-state index contributed by atoms with van der Waals surface area (Å²) in [7, 11) is 0. The molecule has 72 valence electrons. The summed E-state index contributed by atoms with van der Waals surface area (Å²) in [6, 6.07) is 0.172. The van der Waals surface area contributed by atoms with Crippen LogP contribution in [0.3, 0.4) is 0 Å². The Morgan fingerprint density at radius 3 is 2.85 bits per heavy atom. The lowest BCUT2D eigenvalue weighted by Gasteiger charge is -2.07. The molecule has 1 aromatic heterocycles. The summed E-state index contributed by atoms with van der Waals surface area (Å²) in [5.41, 5.74) is -0.0815. The highest BCUT2D eigenvalue weighted by molar-refractivity contribution is 6.33. The van der Waals surface area contributed by atoms with Crippen LogP contribution in [0.2, 0.25) is 5.02 Å². The molecule has 0 aliphatic rings. The van der Waals surface area contributed by atoms with Crippen molar-refractivity contribution < 1.29 is 9.90 Å². The van der Waals surface area contributed by atoms with Crippen molar-refractivity contribution in [1.82, 2.24) is 9.78 Å². The summed E-state index contributed by atoms with van der Waals surface area (Å²) in [6.45, 7) is 3.95. The van der Waals surface area contributed by atoms with E-state index in [0.29, 0.717) is 0 Å². The second-order valence-electron chi connectivity index (χ2n) is 2.87. The van der Waals surface area contributed by atoms with Gasteiger partial charge in [-0.1, -0.05) is 18.5 Å². The van der Waals surface area contributed by atoms with Crippen LogP contribution in [-0.2, 0) is 0 Å². The Labute approximate surface area is 81.1 Å². The molecule has 1 N–H and O–H groups in total. The fraction of sp³-hybridized carbons (Fsp3) is 0.500. The average Bonchev–Trinajstić information content (AvgIpc) is 2.46. The van der Waals surface area contributed by atoms with Crippen LogP contribution in [0.25, 0.3) is 0 Å². The Balaban J connectivity index is 3.01. The first-order valence-corrected chi connectivity index (χ1v) is 4.42. The SMILES string of the molecule is CCC(C)n1cc(Cl)c(C(=O)O)n1. The molecule has 0 saturated heterocycles. The van der Waals surface area contributed by atoms with Crippen molar-refractivity contribution in [2.45, 2.75) is 26.3 Å². The summed E-state index contributed by atoms with van der Waals surface area (Å²) in [6.07, 6.45) is 2.43. The van der Waals surface area contributed by atoms with Crippen LogP contribution >= 0.6 is 11.6 Å². The maximum Gasteiger partial charge on any atom is 0.357 e. The molecule has 13 heavy (non-hydrogen) atoms. The van der Waals surface area contributed by atoms with Crippen LogP contribution in [0.1, 0.15) is 36.8 Å². The largest absolute Gasteiger partial charge is 0.476 e. The first kappa shape index (κ1) is 10.1. The molecule has 1 unspecified atom stereocenters. The zero-order valence-electron chi connectivity index (χ0n) is 7.49. The minimum Gasteiger partial charge on any atom is -0.476 e. The van der Waals surface area contributed by atoms with Gasteiger partial charge in [-0.05, 0) is 13.3 Å². The fourth-order valence-electron chi connectivity index (χ4n) is 0.927. The number of carboxylic acids is 1. The zero-order chi connectivity index (χ0) is 10.0. The van der Waals surface area contributed by atoms with Gasteiger partial charge < -0.3 is 5.11 Å². The third-order valence-corrected chi connectivity index (χ3v) is 2.21. The van der Waals surface area contributed by atoms with Crippen LogP contribution < -0.4 is 0 Å². The highest BCUT2D eigenvalue weighted by Crippen LogP contribution is 2.18. The topological polar surface area (TPSA) is 55.1 Å². The van der Waals surface area contributed by atoms with Crippen LogP contribution in [0, 0.1) is 0 Å². The van der Waals surface area contributed by atoms with Crippen molar-refractivity contribution in [2.24, 2.45) is 0 Å².